The molecule has 0 aromatic rings. The summed E-state index contributed by atoms with van der Waals surface area (Å²) in [5.41, 5.74) is 0. The van der Waals surface area contributed by atoms with Crippen molar-refractivity contribution in [2.24, 2.45) is 0 Å². The van der Waals surface area contributed by atoms with Crippen molar-refractivity contribution in [2.45, 2.75) is 19.0 Å². The number of piperazine rings is 1. The molecule has 0 aromatic carbocycles. The molecule has 1 heterocycles. The van der Waals surface area contributed by atoms with E-state index in [0.29, 0.717) is 0 Å². The van der Waals surface area contributed by atoms with Crippen LogP contribution in [0.4, 0.5) is 9.59 Å². The number of carboxylic acid groups (broad SMARTS) is 2. The fraction of sp³-hybridized carbons (Fsp3) is 0.778. The van der Waals surface area contributed by atoms with Crippen molar-refractivity contribution >= 4 is 22.3 Å². The standard InChI is InChI=1S/C9H16N2O7S/c1-6-3-11(9(14)15)7(4-10(6)8(12)13)5-18-19(2,16)17/h6-7H,3-5H2,1-2H3,(H,12,13)(H,14,15). The van der Waals surface area contributed by atoms with Gasteiger partial charge in [-0.05, 0) is 6.92 Å². The van der Waals surface area contributed by atoms with Crippen molar-refractivity contribution in [1.82, 2.24) is 9.80 Å². The molecule has 10 heteroatoms. The summed E-state index contributed by atoms with van der Waals surface area (Å²) >= 11 is 0. The number of carbonyl (C=O) groups is 2. The number of hydrogen-bond acceptors (Lipinski definition) is 5. The predicted octanol–water partition coefficient (Wildman–Crippen LogP) is -0.307. The lowest BCUT2D eigenvalue weighted by atomic mass is 10.1. The maximum atomic E-state index is 11.1. The first-order valence-electron chi connectivity index (χ1n) is 5.45. The number of hydrogen-bond donors (Lipinski definition) is 2. The summed E-state index contributed by atoms with van der Waals surface area (Å²) in [4.78, 5) is 24.1. The number of nitrogens with zero attached hydrogens (tertiary/aromatic N) is 2. The largest absolute Gasteiger partial charge is 0.465 e. The molecule has 0 aromatic heterocycles. The molecule has 1 saturated heterocycles. The van der Waals surface area contributed by atoms with Gasteiger partial charge in [-0.15, -0.1) is 0 Å². The minimum absolute atomic E-state index is 0.0284. The molecule has 2 unspecified atom stereocenters. The van der Waals surface area contributed by atoms with Crippen LogP contribution in [0.5, 0.6) is 0 Å². The number of rotatable bonds is 3. The van der Waals surface area contributed by atoms with E-state index in [1.165, 1.54) is 0 Å². The number of amides is 2. The molecule has 9 nitrogen and oxygen atoms in total. The maximum Gasteiger partial charge on any atom is 0.407 e. The first kappa shape index (κ1) is 15.5. The molecule has 19 heavy (non-hydrogen) atoms. The molecule has 0 spiro atoms. The summed E-state index contributed by atoms with van der Waals surface area (Å²) < 4.78 is 26.4. The lowest BCUT2D eigenvalue weighted by Gasteiger charge is -2.42. The lowest BCUT2D eigenvalue weighted by Crippen LogP contribution is -2.61. The van der Waals surface area contributed by atoms with E-state index in [2.05, 4.69) is 4.18 Å². The summed E-state index contributed by atoms with van der Waals surface area (Å²) in [7, 11) is -3.71. The molecule has 1 aliphatic rings. The maximum absolute atomic E-state index is 11.1. The van der Waals surface area contributed by atoms with Gasteiger partial charge in [0, 0.05) is 13.1 Å². The Bertz CT molecular complexity index is 463. The molecule has 0 saturated carbocycles. The van der Waals surface area contributed by atoms with Gasteiger partial charge in [0.15, 0.2) is 0 Å². The normalized spacial score (nSPS) is 24.3. The molecule has 0 radical (unpaired) electrons. The molecular formula is C9H16N2O7S. The van der Waals surface area contributed by atoms with Crippen LogP contribution in [0.2, 0.25) is 0 Å². The molecule has 0 aliphatic carbocycles. The van der Waals surface area contributed by atoms with Gasteiger partial charge in [0.2, 0.25) is 0 Å². The Morgan fingerprint density at radius 2 is 1.74 bits per heavy atom. The Morgan fingerprint density at radius 1 is 1.21 bits per heavy atom. The SMILES string of the molecule is CC1CN(C(=O)O)C(COS(C)(=O)=O)CN1C(=O)O. The van der Waals surface area contributed by atoms with Gasteiger partial charge in [-0.3, -0.25) is 9.08 Å². The highest BCUT2D eigenvalue weighted by Crippen LogP contribution is 2.16. The zero-order chi connectivity index (χ0) is 14.8. The Hall–Kier alpha value is -1.55. The van der Waals surface area contributed by atoms with E-state index in [1.54, 1.807) is 6.92 Å². The molecule has 1 rings (SSSR count). The highest BCUT2D eigenvalue weighted by atomic mass is 32.2. The van der Waals surface area contributed by atoms with Gasteiger partial charge in [-0.2, -0.15) is 8.42 Å². The second kappa shape index (κ2) is 5.61. The average molecular weight is 296 g/mol. The fourth-order valence-corrected chi connectivity index (χ4v) is 2.29. The summed E-state index contributed by atoms with van der Waals surface area (Å²) in [5, 5.41) is 18.0. The van der Waals surface area contributed by atoms with Crippen LogP contribution in [0.25, 0.3) is 0 Å². The first-order valence-corrected chi connectivity index (χ1v) is 7.27. The molecule has 1 aliphatic heterocycles. The summed E-state index contributed by atoms with van der Waals surface area (Å²) in [6.07, 6.45) is -1.57. The third-order valence-electron chi connectivity index (χ3n) is 2.81. The monoisotopic (exact) mass is 296 g/mol. The molecule has 2 amide bonds. The fourth-order valence-electron chi connectivity index (χ4n) is 1.88. The van der Waals surface area contributed by atoms with Gasteiger partial charge >= 0.3 is 12.2 Å². The minimum Gasteiger partial charge on any atom is -0.465 e. The van der Waals surface area contributed by atoms with Crippen molar-refractivity contribution in [3.05, 3.63) is 0 Å². The van der Waals surface area contributed by atoms with E-state index < -0.39 is 41.0 Å². The second-order valence-electron chi connectivity index (χ2n) is 4.36. The van der Waals surface area contributed by atoms with E-state index in [9.17, 15) is 18.0 Å². The Labute approximate surface area is 110 Å². The van der Waals surface area contributed by atoms with Gasteiger partial charge in [-0.1, -0.05) is 0 Å². The molecule has 110 valence electrons. The minimum atomic E-state index is -3.71. The van der Waals surface area contributed by atoms with Gasteiger partial charge in [0.1, 0.15) is 0 Å². The summed E-state index contributed by atoms with van der Waals surface area (Å²) in [6.45, 7) is 1.02. The highest BCUT2D eigenvalue weighted by Gasteiger charge is 2.37. The third kappa shape index (κ3) is 4.24. The van der Waals surface area contributed by atoms with Crippen LogP contribution < -0.4 is 0 Å². The van der Waals surface area contributed by atoms with Crippen LogP contribution in [-0.2, 0) is 14.3 Å². The highest BCUT2D eigenvalue weighted by molar-refractivity contribution is 7.85. The van der Waals surface area contributed by atoms with Gasteiger partial charge in [0.05, 0.1) is 24.9 Å². The zero-order valence-corrected chi connectivity index (χ0v) is 11.3. The van der Waals surface area contributed by atoms with E-state index in [0.717, 1.165) is 16.1 Å². The first-order chi connectivity index (χ1) is 8.61. The van der Waals surface area contributed by atoms with Crippen LogP contribution in [-0.4, -0.2) is 78.7 Å². The van der Waals surface area contributed by atoms with Crippen molar-refractivity contribution < 1.29 is 32.4 Å². The van der Waals surface area contributed by atoms with Crippen molar-refractivity contribution in [3.63, 3.8) is 0 Å². The Kier molecular flexibility index (Phi) is 4.58. The van der Waals surface area contributed by atoms with Crippen LogP contribution >= 0.6 is 0 Å². The van der Waals surface area contributed by atoms with Gasteiger partial charge in [-0.25, -0.2) is 9.59 Å². The molecule has 0 bridgehead atoms. The molecule has 1 fully saturated rings. The smallest absolute Gasteiger partial charge is 0.407 e. The van der Waals surface area contributed by atoms with E-state index in [-0.39, 0.29) is 13.1 Å². The molecule has 2 atom stereocenters. The lowest BCUT2D eigenvalue weighted by molar-refractivity contribution is 0.0244. The molecular weight excluding hydrogens is 280 g/mol. The summed E-state index contributed by atoms with van der Waals surface area (Å²) in [5.74, 6) is 0. The topological polar surface area (TPSA) is 124 Å². The van der Waals surface area contributed by atoms with Crippen molar-refractivity contribution in [1.29, 1.82) is 0 Å². The van der Waals surface area contributed by atoms with Crippen LogP contribution in [0.15, 0.2) is 0 Å². The van der Waals surface area contributed by atoms with E-state index >= 15 is 0 Å². The van der Waals surface area contributed by atoms with Crippen LogP contribution in [0.3, 0.4) is 0 Å². The predicted molar refractivity (Wildman–Crippen MR) is 63.5 cm³/mol. The van der Waals surface area contributed by atoms with Gasteiger partial charge < -0.3 is 15.1 Å². The van der Waals surface area contributed by atoms with Crippen molar-refractivity contribution in [2.75, 3.05) is 26.0 Å². The van der Waals surface area contributed by atoms with E-state index in [1.807, 2.05) is 0 Å². The van der Waals surface area contributed by atoms with Crippen molar-refractivity contribution in [3.8, 4) is 0 Å². The Morgan fingerprint density at radius 3 is 2.16 bits per heavy atom. The second-order valence-corrected chi connectivity index (χ2v) is 6.01. The van der Waals surface area contributed by atoms with Gasteiger partial charge in [0.25, 0.3) is 10.1 Å². The zero-order valence-electron chi connectivity index (χ0n) is 10.5. The molecule has 2 N–H and O–H groups in total. The summed E-state index contributed by atoms with van der Waals surface area (Å²) in [6, 6.07) is -1.34. The van der Waals surface area contributed by atoms with Crippen LogP contribution in [0, 0.1) is 0 Å². The van der Waals surface area contributed by atoms with Crippen LogP contribution in [0.1, 0.15) is 6.92 Å². The Balaban J connectivity index is 2.82. The third-order valence-corrected chi connectivity index (χ3v) is 3.37. The average Bonchev–Trinajstić information content (AvgIpc) is 2.25. The quantitative estimate of drug-likeness (QED) is 0.684. The van der Waals surface area contributed by atoms with E-state index in [4.69, 9.17) is 10.2 Å².